The number of hydrogen-bond acceptors (Lipinski definition) is 4. The summed E-state index contributed by atoms with van der Waals surface area (Å²) in [4.78, 5) is 28.7. The number of hydrogen-bond donors (Lipinski definition) is 2. The van der Waals surface area contributed by atoms with Gasteiger partial charge in [0.25, 0.3) is 5.91 Å². The Labute approximate surface area is 176 Å². The van der Waals surface area contributed by atoms with Crippen LogP contribution in [0.5, 0.6) is 5.75 Å². The molecule has 1 heterocycles. The van der Waals surface area contributed by atoms with Crippen molar-refractivity contribution < 1.29 is 27.5 Å². The monoisotopic (exact) mass is 443 g/mol. The fourth-order valence-electron chi connectivity index (χ4n) is 2.49. The number of nitrogens with one attached hydrogen (secondary N) is 2. The minimum absolute atomic E-state index is 0.0339. The van der Waals surface area contributed by atoms with Gasteiger partial charge in [-0.15, -0.1) is 13.2 Å². The fraction of sp³-hybridized carbons (Fsp3) is 0.350. The molecule has 2 N–H and O–H groups in total. The second kappa shape index (κ2) is 9.34. The number of carbonyl (C=O) groups is 2. The van der Waals surface area contributed by atoms with Crippen LogP contribution in [0, 0.1) is 12.8 Å². The maximum absolute atomic E-state index is 12.7. The summed E-state index contributed by atoms with van der Waals surface area (Å²) in [5, 5.41) is 5.35. The molecule has 0 aliphatic heterocycles. The van der Waals surface area contributed by atoms with Crippen LogP contribution in [0.15, 0.2) is 30.5 Å². The van der Waals surface area contributed by atoms with Crippen LogP contribution in [0.2, 0.25) is 5.02 Å². The molecule has 6 nitrogen and oxygen atoms in total. The third-order valence-electron chi connectivity index (χ3n) is 4.10. The molecular formula is C20H21ClF3N3O3. The minimum atomic E-state index is -4.86. The fourth-order valence-corrected chi connectivity index (χ4v) is 2.73. The highest BCUT2D eigenvalue weighted by molar-refractivity contribution is 6.30. The molecule has 2 rings (SSSR count). The van der Waals surface area contributed by atoms with Crippen LogP contribution in [0.1, 0.15) is 48.3 Å². The molecule has 2 aromatic rings. The van der Waals surface area contributed by atoms with Gasteiger partial charge in [0, 0.05) is 22.7 Å². The standard InChI is InChI=1S/C20H21ClF3N3O3/c1-10(2)18(28)27-17-8-16(11(3)9-25-17)19(29)26-12(4)13-5-14(21)7-15(6-13)30-20(22,23)24/h5-10,12H,1-4H3,(H,26,29)(H,25,27,28). The number of carbonyl (C=O) groups excluding carboxylic acids is 2. The molecule has 162 valence electrons. The van der Waals surface area contributed by atoms with Crippen LogP contribution in [-0.2, 0) is 4.79 Å². The van der Waals surface area contributed by atoms with E-state index in [1.807, 2.05) is 0 Å². The number of anilines is 1. The summed E-state index contributed by atoms with van der Waals surface area (Å²) in [6, 6.07) is 4.38. The van der Waals surface area contributed by atoms with E-state index in [0.717, 1.165) is 12.1 Å². The number of rotatable bonds is 6. The van der Waals surface area contributed by atoms with E-state index in [1.54, 1.807) is 27.7 Å². The predicted octanol–water partition coefficient (Wildman–Crippen LogP) is 5.03. The van der Waals surface area contributed by atoms with Crippen LogP contribution in [0.4, 0.5) is 19.0 Å². The van der Waals surface area contributed by atoms with Gasteiger partial charge in [-0.3, -0.25) is 9.59 Å². The van der Waals surface area contributed by atoms with E-state index in [1.165, 1.54) is 18.3 Å². The second-order valence-corrected chi connectivity index (χ2v) is 7.43. The largest absolute Gasteiger partial charge is 0.573 e. The number of pyridine rings is 1. The lowest BCUT2D eigenvalue weighted by Crippen LogP contribution is -2.28. The molecule has 0 spiro atoms. The smallest absolute Gasteiger partial charge is 0.406 e. The third kappa shape index (κ3) is 6.62. The summed E-state index contributed by atoms with van der Waals surface area (Å²) < 4.78 is 41.4. The van der Waals surface area contributed by atoms with Gasteiger partial charge < -0.3 is 15.4 Å². The molecule has 1 atom stereocenters. The van der Waals surface area contributed by atoms with Crippen LogP contribution in [-0.4, -0.2) is 23.2 Å². The summed E-state index contributed by atoms with van der Waals surface area (Å²) >= 11 is 5.89. The number of nitrogens with zero attached hydrogens (tertiary/aromatic N) is 1. The van der Waals surface area contributed by atoms with E-state index >= 15 is 0 Å². The second-order valence-electron chi connectivity index (χ2n) is 6.99. The van der Waals surface area contributed by atoms with E-state index in [-0.39, 0.29) is 28.2 Å². The van der Waals surface area contributed by atoms with Crippen molar-refractivity contribution in [1.29, 1.82) is 0 Å². The maximum Gasteiger partial charge on any atom is 0.573 e. The Morgan fingerprint density at radius 1 is 1.13 bits per heavy atom. The van der Waals surface area contributed by atoms with Gasteiger partial charge in [-0.1, -0.05) is 25.4 Å². The highest BCUT2D eigenvalue weighted by atomic mass is 35.5. The lowest BCUT2D eigenvalue weighted by molar-refractivity contribution is -0.274. The summed E-state index contributed by atoms with van der Waals surface area (Å²) in [5.74, 6) is -1.25. The zero-order valence-electron chi connectivity index (χ0n) is 16.7. The number of benzene rings is 1. The first kappa shape index (κ1) is 23.5. The zero-order chi connectivity index (χ0) is 22.6. The van der Waals surface area contributed by atoms with Crippen LogP contribution in [0.3, 0.4) is 0 Å². The summed E-state index contributed by atoms with van der Waals surface area (Å²) in [6.07, 6.45) is -3.41. The number of alkyl halides is 3. The highest BCUT2D eigenvalue weighted by Crippen LogP contribution is 2.29. The van der Waals surface area contributed by atoms with Gasteiger partial charge in [-0.2, -0.15) is 0 Å². The molecule has 0 aliphatic rings. The number of aromatic nitrogens is 1. The Kier molecular flexibility index (Phi) is 7.30. The van der Waals surface area contributed by atoms with Gasteiger partial charge in [0.05, 0.1) is 6.04 Å². The molecule has 10 heteroatoms. The van der Waals surface area contributed by atoms with Gasteiger partial charge in [-0.05, 0) is 49.2 Å². The molecule has 1 aromatic carbocycles. The van der Waals surface area contributed by atoms with Gasteiger partial charge in [-0.25, -0.2) is 4.98 Å². The molecule has 0 saturated heterocycles. The Morgan fingerprint density at radius 2 is 1.80 bits per heavy atom. The van der Waals surface area contributed by atoms with E-state index in [0.29, 0.717) is 11.1 Å². The highest BCUT2D eigenvalue weighted by Gasteiger charge is 2.31. The quantitative estimate of drug-likeness (QED) is 0.656. The van der Waals surface area contributed by atoms with Crippen molar-refractivity contribution in [2.75, 3.05) is 5.32 Å². The number of ether oxygens (including phenoxy) is 1. The van der Waals surface area contributed by atoms with Gasteiger partial charge >= 0.3 is 6.36 Å². The number of amides is 2. The molecular weight excluding hydrogens is 423 g/mol. The molecule has 0 bridgehead atoms. The van der Waals surface area contributed by atoms with Crippen molar-refractivity contribution in [2.45, 2.75) is 40.1 Å². The first-order chi connectivity index (χ1) is 13.9. The van der Waals surface area contributed by atoms with Gasteiger partial charge in [0.2, 0.25) is 5.91 Å². The summed E-state index contributed by atoms with van der Waals surface area (Å²) in [5.41, 5.74) is 1.16. The SMILES string of the molecule is Cc1cnc(NC(=O)C(C)C)cc1C(=O)NC(C)c1cc(Cl)cc(OC(F)(F)F)c1. The molecule has 0 saturated carbocycles. The lowest BCUT2D eigenvalue weighted by Gasteiger charge is -2.18. The van der Waals surface area contributed by atoms with Crippen molar-refractivity contribution in [2.24, 2.45) is 5.92 Å². The van der Waals surface area contributed by atoms with Crippen molar-refractivity contribution in [1.82, 2.24) is 10.3 Å². The topological polar surface area (TPSA) is 80.3 Å². The number of halogens is 4. The molecule has 0 aliphatic carbocycles. The van der Waals surface area contributed by atoms with Crippen LogP contribution < -0.4 is 15.4 Å². The molecule has 2 amide bonds. The molecule has 0 radical (unpaired) electrons. The van der Waals surface area contributed by atoms with E-state index in [2.05, 4.69) is 20.4 Å². The van der Waals surface area contributed by atoms with Crippen molar-refractivity contribution >= 4 is 29.2 Å². The van der Waals surface area contributed by atoms with Crippen LogP contribution >= 0.6 is 11.6 Å². The Hall–Kier alpha value is -2.81. The first-order valence-corrected chi connectivity index (χ1v) is 9.38. The molecule has 30 heavy (non-hydrogen) atoms. The number of aryl methyl sites for hydroxylation is 1. The Morgan fingerprint density at radius 3 is 2.40 bits per heavy atom. The first-order valence-electron chi connectivity index (χ1n) is 9.00. The average molecular weight is 444 g/mol. The van der Waals surface area contributed by atoms with E-state index in [9.17, 15) is 22.8 Å². The van der Waals surface area contributed by atoms with Crippen molar-refractivity contribution in [3.05, 3.63) is 52.2 Å². The Bertz CT molecular complexity index is 949. The molecule has 1 unspecified atom stereocenters. The lowest BCUT2D eigenvalue weighted by atomic mass is 10.1. The minimum Gasteiger partial charge on any atom is -0.406 e. The maximum atomic E-state index is 12.7. The van der Waals surface area contributed by atoms with Crippen LogP contribution in [0.25, 0.3) is 0 Å². The zero-order valence-corrected chi connectivity index (χ0v) is 17.5. The average Bonchev–Trinajstić information content (AvgIpc) is 2.61. The van der Waals surface area contributed by atoms with E-state index < -0.39 is 24.1 Å². The van der Waals surface area contributed by atoms with Crippen molar-refractivity contribution in [3.8, 4) is 5.75 Å². The molecule has 1 aromatic heterocycles. The summed E-state index contributed by atoms with van der Waals surface area (Å²) in [6.45, 7) is 6.72. The Balaban J connectivity index is 2.20. The predicted molar refractivity (Wildman–Crippen MR) is 106 cm³/mol. The van der Waals surface area contributed by atoms with Crippen molar-refractivity contribution in [3.63, 3.8) is 0 Å². The van der Waals surface area contributed by atoms with Gasteiger partial charge in [0.15, 0.2) is 0 Å². The molecule has 0 fully saturated rings. The summed E-state index contributed by atoms with van der Waals surface area (Å²) in [7, 11) is 0. The van der Waals surface area contributed by atoms with E-state index in [4.69, 9.17) is 11.6 Å². The normalized spacial score (nSPS) is 12.4. The third-order valence-corrected chi connectivity index (χ3v) is 4.32. The van der Waals surface area contributed by atoms with Gasteiger partial charge in [0.1, 0.15) is 11.6 Å².